The van der Waals surface area contributed by atoms with Gasteiger partial charge in [0.05, 0.1) is 10.6 Å². The number of hydrogen-bond donors (Lipinski definition) is 0. The van der Waals surface area contributed by atoms with Gasteiger partial charge in [-0.25, -0.2) is 9.37 Å². The average Bonchev–Trinajstić information content (AvgIpc) is 2.29. The third-order valence-electron chi connectivity index (χ3n) is 2.15. The van der Waals surface area contributed by atoms with Gasteiger partial charge in [-0.05, 0) is 18.2 Å². The Kier molecular flexibility index (Phi) is 2.78. The summed E-state index contributed by atoms with van der Waals surface area (Å²) >= 11 is 0. The SMILES string of the molecule is O=[N+]([O-])c1ccc(F)c(-c2cccc(F)n2)c1. The molecule has 0 saturated carbocycles. The Bertz CT molecular complexity index is 587. The van der Waals surface area contributed by atoms with E-state index in [-0.39, 0.29) is 16.9 Å². The molecule has 1 aromatic heterocycles. The van der Waals surface area contributed by atoms with Gasteiger partial charge in [0.2, 0.25) is 5.95 Å². The van der Waals surface area contributed by atoms with Crippen LogP contribution in [0, 0.1) is 21.9 Å². The molecule has 2 aromatic rings. The third-order valence-corrected chi connectivity index (χ3v) is 2.15. The minimum absolute atomic E-state index is 0.0196. The molecule has 0 atom stereocenters. The van der Waals surface area contributed by atoms with E-state index in [4.69, 9.17) is 0 Å². The van der Waals surface area contributed by atoms with Crippen molar-refractivity contribution in [2.75, 3.05) is 0 Å². The summed E-state index contributed by atoms with van der Waals surface area (Å²) in [7, 11) is 0. The van der Waals surface area contributed by atoms with Gasteiger partial charge >= 0.3 is 0 Å². The predicted octanol–water partition coefficient (Wildman–Crippen LogP) is 2.94. The summed E-state index contributed by atoms with van der Waals surface area (Å²) in [5, 5.41) is 10.6. The van der Waals surface area contributed by atoms with E-state index in [2.05, 4.69) is 4.98 Å². The molecule has 0 amide bonds. The highest BCUT2D eigenvalue weighted by Gasteiger charge is 2.13. The molecule has 86 valence electrons. The highest BCUT2D eigenvalue weighted by Crippen LogP contribution is 2.25. The minimum atomic E-state index is -0.770. The molecule has 4 nitrogen and oxygen atoms in total. The van der Waals surface area contributed by atoms with Crippen LogP contribution in [0.2, 0.25) is 0 Å². The van der Waals surface area contributed by atoms with Crippen LogP contribution in [0.1, 0.15) is 0 Å². The lowest BCUT2D eigenvalue weighted by atomic mass is 10.1. The second-order valence-corrected chi connectivity index (χ2v) is 3.27. The van der Waals surface area contributed by atoms with Crippen LogP contribution in [-0.2, 0) is 0 Å². The minimum Gasteiger partial charge on any atom is -0.258 e. The average molecular weight is 236 g/mol. The lowest BCUT2D eigenvalue weighted by Crippen LogP contribution is -1.93. The lowest BCUT2D eigenvalue weighted by Gasteiger charge is -2.02. The molecule has 0 saturated heterocycles. The lowest BCUT2D eigenvalue weighted by molar-refractivity contribution is -0.384. The summed E-state index contributed by atoms with van der Waals surface area (Å²) in [6.45, 7) is 0. The van der Waals surface area contributed by atoms with Crippen molar-refractivity contribution in [2.24, 2.45) is 0 Å². The van der Waals surface area contributed by atoms with Crippen LogP contribution in [0.3, 0.4) is 0 Å². The van der Waals surface area contributed by atoms with Gasteiger partial charge in [0.15, 0.2) is 0 Å². The molecule has 0 radical (unpaired) electrons. The highest BCUT2D eigenvalue weighted by atomic mass is 19.1. The number of pyridine rings is 1. The molecular weight excluding hydrogens is 230 g/mol. The number of nitro groups is 1. The Morgan fingerprint density at radius 1 is 1.18 bits per heavy atom. The Hall–Kier alpha value is -2.37. The molecule has 0 bridgehead atoms. The Morgan fingerprint density at radius 3 is 2.59 bits per heavy atom. The van der Waals surface area contributed by atoms with E-state index in [0.29, 0.717) is 0 Å². The van der Waals surface area contributed by atoms with E-state index < -0.39 is 16.7 Å². The van der Waals surface area contributed by atoms with Gasteiger partial charge in [0, 0.05) is 17.7 Å². The zero-order chi connectivity index (χ0) is 12.4. The monoisotopic (exact) mass is 236 g/mol. The molecule has 0 fully saturated rings. The van der Waals surface area contributed by atoms with Crippen LogP contribution >= 0.6 is 0 Å². The van der Waals surface area contributed by atoms with Crippen molar-refractivity contribution < 1.29 is 13.7 Å². The summed E-state index contributed by atoms with van der Waals surface area (Å²) in [6.07, 6.45) is 0. The number of benzene rings is 1. The smallest absolute Gasteiger partial charge is 0.258 e. The molecule has 0 spiro atoms. The first-order valence-corrected chi connectivity index (χ1v) is 4.65. The van der Waals surface area contributed by atoms with Crippen molar-refractivity contribution in [2.45, 2.75) is 0 Å². The van der Waals surface area contributed by atoms with Crippen molar-refractivity contribution in [3.63, 3.8) is 0 Å². The zero-order valence-corrected chi connectivity index (χ0v) is 8.43. The van der Waals surface area contributed by atoms with Gasteiger partial charge in [0.25, 0.3) is 5.69 Å². The van der Waals surface area contributed by atoms with E-state index in [0.717, 1.165) is 24.3 Å². The summed E-state index contributed by atoms with van der Waals surface area (Å²) < 4.78 is 26.3. The topological polar surface area (TPSA) is 56.0 Å². The molecule has 0 unspecified atom stereocenters. The van der Waals surface area contributed by atoms with Crippen molar-refractivity contribution in [3.05, 3.63) is 58.3 Å². The number of aromatic nitrogens is 1. The molecule has 1 aromatic carbocycles. The molecule has 2 rings (SSSR count). The fraction of sp³-hybridized carbons (Fsp3) is 0. The Balaban J connectivity index is 2.58. The van der Waals surface area contributed by atoms with Gasteiger partial charge in [-0.15, -0.1) is 0 Å². The zero-order valence-electron chi connectivity index (χ0n) is 8.43. The number of non-ortho nitro benzene ring substituents is 1. The normalized spacial score (nSPS) is 10.2. The fourth-order valence-electron chi connectivity index (χ4n) is 1.38. The van der Waals surface area contributed by atoms with Gasteiger partial charge in [-0.3, -0.25) is 10.1 Å². The van der Waals surface area contributed by atoms with Crippen LogP contribution in [0.4, 0.5) is 14.5 Å². The van der Waals surface area contributed by atoms with Gasteiger partial charge in [0.1, 0.15) is 5.82 Å². The summed E-state index contributed by atoms with van der Waals surface area (Å²) in [6, 6.07) is 6.87. The molecule has 1 heterocycles. The van der Waals surface area contributed by atoms with Gasteiger partial charge in [-0.1, -0.05) is 6.07 Å². The molecule has 0 N–H and O–H groups in total. The van der Waals surface area contributed by atoms with Gasteiger partial charge in [-0.2, -0.15) is 4.39 Å². The Labute approximate surface area is 94.7 Å². The number of nitrogens with zero attached hydrogens (tertiary/aromatic N) is 2. The first kappa shape index (κ1) is 11.1. The van der Waals surface area contributed by atoms with Crippen LogP contribution in [0.15, 0.2) is 36.4 Å². The quantitative estimate of drug-likeness (QED) is 0.457. The molecule has 0 aliphatic carbocycles. The summed E-state index contributed by atoms with van der Waals surface area (Å²) in [4.78, 5) is 13.4. The predicted molar refractivity (Wildman–Crippen MR) is 56.2 cm³/mol. The maximum absolute atomic E-state index is 13.5. The van der Waals surface area contributed by atoms with E-state index in [1.54, 1.807) is 0 Å². The second-order valence-electron chi connectivity index (χ2n) is 3.27. The standard InChI is InChI=1S/C11H6F2N2O2/c12-9-5-4-7(15(16)17)6-8(9)10-2-1-3-11(13)14-10/h1-6H. The molecule has 17 heavy (non-hydrogen) atoms. The summed E-state index contributed by atoms with van der Waals surface area (Å²) in [5.74, 6) is -1.46. The molecule has 0 aliphatic heterocycles. The van der Waals surface area contributed by atoms with Crippen LogP contribution in [-0.4, -0.2) is 9.91 Å². The number of nitro benzene ring substituents is 1. The first-order valence-electron chi connectivity index (χ1n) is 4.65. The van der Waals surface area contributed by atoms with Crippen molar-refractivity contribution in [1.29, 1.82) is 0 Å². The van der Waals surface area contributed by atoms with Crippen molar-refractivity contribution >= 4 is 5.69 Å². The molecular formula is C11H6F2N2O2. The maximum atomic E-state index is 13.5. The third kappa shape index (κ3) is 2.25. The van der Waals surface area contributed by atoms with Crippen LogP contribution in [0.25, 0.3) is 11.3 Å². The summed E-state index contributed by atoms with van der Waals surface area (Å²) in [5.41, 5.74) is -0.350. The maximum Gasteiger partial charge on any atom is 0.270 e. The van der Waals surface area contributed by atoms with E-state index in [1.165, 1.54) is 12.1 Å². The molecule has 0 aliphatic rings. The highest BCUT2D eigenvalue weighted by molar-refractivity contribution is 5.63. The number of rotatable bonds is 2. The van der Waals surface area contributed by atoms with Crippen LogP contribution < -0.4 is 0 Å². The van der Waals surface area contributed by atoms with Gasteiger partial charge < -0.3 is 0 Å². The number of hydrogen-bond acceptors (Lipinski definition) is 3. The van der Waals surface area contributed by atoms with E-state index in [1.807, 2.05) is 0 Å². The Morgan fingerprint density at radius 2 is 1.94 bits per heavy atom. The van der Waals surface area contributed by atoms with E-state index in [9.17, 15) is 18.9 Å². The number of halogens is 2. The first-order chi connectivity index (χ1) is 8.08. The van der Waals surface area contributed by atoms with E-state index >= 15 is 0 Å². The van der Waals surface area contributed by atoms with Crippen molar-refractivity contribution in [1.82, 2.24) is 4.98 Å². The largest absolute Gasteiger partial charge is 0.270 e. The second kappa shape index (κ2) is 4.25. The fourth-order valence-corrected chi connectivity index (χ4v) is 1.38. The van der Waals surface area contributed by atoms with Crippen molar-refractivity contribution in [3.8, 4) is 11.3 Å². The molecule has 6 heteroatoms. The van der Waals surface area contributed by atoms with Crippen LogP contribution in [0.5, 0.6) is 0 Å².